The lowest BCUT2D eigenvalue weighted by atomic mass is 10.1. The van der Waals surface area contributed by atoms with Crippen molar-refractivity contribution in [1.29, 1.82) is 0 Å². The minimum absolute atomic E-state index is 0.0979. The normalized spacial score (nSPS) is 10.3. The van der Waals surface area contributed by atoms with E-state index < -0.39 is 0 Å². The Morgan fingerprint density at radius 2 is 1.89 bits per heavy atom. The summed E-state index contributed by atoms with van der Waals surface area (Å²) in [7, 11) is 0. The number of rotatable bonds is 7. The number of hydrogen-bond acceptors (Lipinski definition) is 3. The summed E-state index contributed by atoms with van der Waals surface area (Å²) in [5.41, 5.74) is 2.50. The molecule has 2 aromatic rings. The minimum atomic E-state index is -0.0979. The first kappa shape index (κ1) is 13.8. The van der Waals surface area contributed by atoms with Crippen molar-refractivity contribution >= 4 is 17.3 Å². The monoisotopic (exact) mass is 274 g/mol. The molecule has 0 aliphatic heterocycles. The van der Waals surface area contributed by atoms with Gasteiger partial charge in [-0.25, -0.2) is 0 Å². The highest BCUT2D eigenvalue weighted by Crippen LogP contribution is 2.09. The molecule has 0 spiro atoms. The third-order valence-electron chi connectivity index (χ3n) is 2.91. The van der Waals surface area contributed by atoms with Crippen molar-refractivity contribution in [3.63, 3.8) is 0 Å². The Morgan fingerprint density at radius 1 is 1.05 bits per heavy atom. The zero-order chi connectivity index (χ0) is 13.3. The smallest absolute Gasteiger partial charge is 0.306 e. The van der Waals surface area contributed by atoms with Crippen molar-refractivity contribution < 1.29 is 9.53 Å². The molecule has 0 saturated carbocycles. The van der Waals surface area contributed by atoms with Crippen LogP contribution in [0, 0.1) is 0 Å². The molecule has 0 unspecified atom stereocenters. The molecular formula is C16H18O2S. The summed E-state index contributed by atoms with van der Waals surface area (Å²) in [6, 6.07) is 12.3. The number of benzene rings is 1. The van der Waals surface area contributed by atoms with Gasteiger partial charge < -0.3 is 4.74 Å². The predicted molar refractivity (Wildman–Crippen MR) is 78.4 cm³/mol. The SMILES string of the molecule is O=C(CCc1ccsc1)OCCCc1ccccc1. The maximum absolute atomic E-state index is 11.5. The van der Waals surface area contributed by atoms with Crippen LogP contribution in [0.3, 0.4) is 0 Å². The van der Waals surface area contributed by atoms with Gasteiger partial charge >= 0.3 is 5.97 Å². The van der Waals surface area contributed by atoms with Gasteiger partial charge in [-0.05, 0) is 47.2 Å². The maximum Gasteiger partial charge on any atom is 0.306 e. The van der Waals surface area contributed by atoms with Crippen LogP contribution in [0.5, 0.6) is 0 Å². The molecule has 2 rings (SSSR count). The molecule has 0 aliphatic carbocycles. The highest BCUT2D eigenvalue weighted by molar-refractivity contribution is 7.07. The molecule has 0 fully saturated rings. The van der Waals surface area contributed by atoms with Crippen molar-refractivity contribution in [2.24, 2.45) is 0 Å². The van der Waals surface area contributed by atoms with Gasteiger partial charge in [0.2, 0.25) is 0 Å². The Labute approximate surface area is 118 Å². The van der Waals surface area contributed by atoms with Crippen molar-refractivity contribution in [2.75, 3.05) is 6.61 Å². The second-order valence-electron chi connectivity index (χ2n) is 4.44. The van der Waals surface area contributed by atoms with Crippen LogP contribution in [0.1, 0.15) is 24.0 Å². The molecule has 0 aliphatic rings. The Kier molecular flexibility index (Phi) is 5.63. The lowest BCUT2D eigenvalue weighted by Gasteiger charge is -2.04. The van der Waals surface area contributed by atoms with Gasteiger partial charge in [0.25, 0.3) is 0 Å². The van der Waals surface area contributed by atoms with Gasteiger partial charge in [-0.3, -0.25) is 4.79 Å². The summed E-state index contributed by atoms with van der Waals surface area (Å²) >= 11 is 1.66. The summed E-state index contributed by atoms with van der Waals surface area (Å²) in [4.78, 5) is 11.5. The van der Waals surface area contributed by atoms with Crippen LogP contribution in [-0.4, -0.2) is 12.6 Å². The lowest BCUT2D eigenvalue weighted by molar-refractivity contribution is -0.143. The van der Waals surface area contributed by atoms with Crippen LogP contribution in [-0.2, 0) is 22.4 Å². The minimum Gasteiger partial charge on any atom is -0.466 e. The van der Waals surface area contributed by atoms with Crippen LogP contribution in [0.25, 0.3) is 0 Å². The standard InChI is InChI=1S/C16H18O2S/c17-16(9-8-15-10-12-19-13-15)18-11-4-7-14-5-2-1-3-6-14/h1-3,5-6,10,12-13H,4,7-9,11H2. The largest absolute Gasteiger partial charge is 0.466 e. The van der Waals surface area contributed by atoms with E-state index in [1.54, 1.807) is 11.3 Å². The molecule has 0 bridgehead atoms. The zero-order valence-corrected chi connectivity index (χ0v) is 11.7. The van der Waals surface area contributed by atoms with Crippen molar-refractivity contribution in [3.8, 4) is 0 Å². The topological polar surface area (TPSA) is 26.3 Å². The molecule has 0 N–H and O–H groups in total. The summed E-state index contributed by atoms with van der Waals surface area (Å²) in [5, 5.41) is 4.10. The van der Waals surface area contributed by atoms with E-state index in [1.165, 1.54) is 11.1 Å². The Hall–Kier alpha value is -1.61. The van der Waals surface area contributed by atoms with Crippen molar-refractivity contribution in [2.45, 2.75) is 25.7 Å². The maximum atomic E-state index is 11.5. The first-order valence-electron chi connectivity index (χ1n) is 6.55. The van der Waals surface area contributed by atoms with Crippen LogP contribution < -0.4 is 0 Å². The molecule has 1 aromatic heterocycles. The molecular weight excluding hydrogens is 256 g/mol. The summed E-state index contributed by atoms with van der Waals surface area (Å²) in [6.07, 6.45) is 3.09. The fraction of sp³-hybridized carbons (Fsp3) is 0.312. The number of esters is 1. The summed E-state index contributed by atoms with van der Waals surface area (Å²) < 4.78 is 5.23. The lowest BCUT2D eigenvalue weighted by Crippen LogP contribution is -2.07. The van der Waals surface area contributed by atoms with Gasteiger partial charge in [-0.2, -0.15) is 11.3 Å². The second-order valence-corrected chi connectivity index (χ2v) is 5.22. The highest BCUT2D eigenvalue weighted by Gasteiger charge is 2.03. The molecule has 100 valence electrons. The third-order valence-corrected chi connectivity index (χ3v) is 3.65. The van der Waals surface area contributed by atoms with E-state index >= 15 is 0 Å². The number of hydrogen-bond donors (Lipinski definition) is 0. The van der Waals surface area contributed by atoms with E-state index in [1.807, 2.05) is 29.6 Å². The van der Waals surface area contributed by atoms with E-state index in [4.69, 9.17) is 4.74 Å². The molecule has 19 heavy (non-hydrogen) atoms. The molecule has 3 heteroatoms. The van der Waals surface area contributed by atoms with Gasteiger partial charge in [-0.1, -0.05) is 30.3 Å². The first-order valence-corrected chi connectivity index (χ1v) is 7.49. The first-order chi connectivity index (χ1) is 9.34. The van der Waals surface area contributed by atoms with Crippen LogP contribution in [0.15, 0.2) is 47.2 Å². The average molecular weight is 274 g/mol. The number of carbonyl (C=O) groups excluding carboxylic acids is 1. The summed E-state index contributed by atoms with van der Waals surface area (Å²) in [5.74, 6) is -0.0979. The van der Waals surface area contributed by atoms with E-state index in [0.29, 0.717) is 13.0 Å². The summed E-state index contributed by atoms with van der Waals surface area (Å²) in [6.45, 7) is 0.511. The average Bonchev–Trinajstić information content (AvgIpc) is 2.96. The fourth-order valence-electron chi connectivity index (χ4n) is 1.86. The molecule has 0 atom stereocenters. The van der Waals surface area contributed by atoms with Crippen molar-refractivity contribution in [3.05, 3.63) is 58.3 Å². The Balaban J connectivity index is 1.57. The van der Waals surface area contributed by atoms with Gasteiger partial charge in [0.05, 0.1) is 6.61 Å². The quantitative estimate of drug-likeness (QED) is 0.566. The van der Waals surface area contributed by atoms with Gasteiger partial charge in [0.15, 0.2) is 0 Å². The van der Waals surface area contributed by atoms with Crippen LogP contribution in [0.4, 0.5) is 0 Å². The van der Waals surface area contributed by atoms with Gasteiger partial charge in [-0.15, -0.1) is 0 Å². The fourth-order valence-corrected chi connectivity index (χ4v) is 2.56. The van der Waals surface area contributed by atoms with E-state index in [-0.39, 0.29) is 5.97 Å². The molecule has 1 heterocycles. The zero-order valence-electron chi connectivity index (χ0n) is 10.9. The van der Waals surface area contributed by atoms with E-state index in [9.17, 15) is 4.79 Å². The van der Waals surface area contributed by atoms with Crippen molar-refractivity contribution in [1.82, 2.24) is 0 Å². The number of carbonyl (C=O) groups is 1. The van der Waals surface area contributed by atoms with E-state index in [2.05, 4.69) is 17.5 Å². The van der Waals surface area contributed by atoms with E-state index in [0.717, 1.165) is 19.3 Å². The Bertz CT molecular complexity index is 477. The highest BCUT2D eigenvalue weighted by atomic mass is 32.1. The molecule has 2 nitrogen and oxygen atoms in total. The number of ether oxygens (including phenoxy) is 1. The number of aryl methyl sites for hydroxylation is 2. The molecule has 0 amide bonds. The Morgan fingerprint density at radius 3 is 2.63 bits per heavy atom. The molecule has 0 saturated heterocycles. The molecule has 0 radical (unpaired) electrons. The second kappa shape index (κ2) is 7.74. The van der Waals surface area contributed by atoms with Crippen LogP contribution >= 0.6 is 11.3 Å². The van der Waals surface area contributed by atoms with Gasteiger partial charge in [0, 0.05) is 6.42 Å². The molecule has 1 aromatic carbocycles. The predicted octanol–water partition coefficient (Wildman–Crippen LogP) is 3.86. The number of thiophene rings is 1. The van der Waals surface area contributed by atoms with Crippen LogP contribution in [0.2, 0.25) is 0 Å². The third kappa shape index (κ3) is 5.26. The van der Waals surface area contributed by atoms with Gasteiger partial charge in [0.1, 0.15) is 0 Å².